The Morgan fingerprint density at radius 2 is 1.82 bits per heavy atom. The smallest absolute Gasteiger partial charge is 0.251 e. The molecule has 0 aliphatic carbocycles. The lowest BCUT2D eigenvalue weighted by atomic mass is 10.1. The Labute approximate surface area is 203 Å². The molecule has 1 fully saturated rings. The number of ether oxygens (including phenoxy) is 1. The van der Waals surface area contributed by atoms with Gasteiger partial charge >= 0.3 is 0 Å². The highest BCUT2D eigenvalue weighted by atomic mass is 35.5. The quantitative estimate of drug-likeness (QED) is 0.448. The largest absolute Gasteiger partial charge is 0.491 e. The first-order chi connectivity index (χ1) is 16.0. The standard InChI is InChI=1S/C26H25ClN2O3S/c1-18-4-2-3-5-23(18)32-15-14-28-25(31)20-8-10-21(11-9-20)26-29(24(30)17-33-26)16-19-6-12-22(27)13-7-19/h2-13,26H,14-17H2,1H3,(H,28,31). The minimum Gasteiger partial charge on any atom is -0.491 e. The Morgan fingerprint density at radius 3 is 2.55 bits per heavy atom. The first kappa shape index (κ1) is 23.2. The van der Waals surface area contributed by atoms with E-state index >= 15 is 0 Å². The van der Waals surface area contributed by atoms with Gasteiger partial charge in [0.1, 0.15) is 17.7 Å². The van der Waals surface area contributed by atoms with Crippen LogP contribution in [0.2, 0.25) is 5.02 Å². The van der Waals surface area contributed by atoms with Crippen molar-refractivity contribution in [2.24, 2.45) is 0 Å². The summed E-state index contributed by atoms with van der Waals surface area (Å²) in [6, 6.07) is 22.8. The minimum atomic E-state index is -0.150. The van der Waals surface area contributed by atoms with Gasteiger partial charge in [-0.1, -0.05) is 54.1 Å². The molecule has 0 spiro atoms. The fourth-order valence-electron chi connectivity index (χ4n) is 3.63. The molecule has 33 heavy (non-hydrogen) atoms. The number of hydrogen-bond donors (Lipinski definition) is 1. The molecule has 1 saturated heterocycles. The monoisotopic (exact) mass is 480 g/mol. The summed E-state index contributed by atoms with van der Waals surface area (Å²) in [5, 5.41) is 3.48. The van der Waals surface area contributed by atoms with Crippen LogP contribution in [0.15, 0.2) is 72.8 Å². The average molecular weight is 481 g/mol. The van der Waals surface area contributed by atoms with Crippen molar-refractivity contribution in [1.29, 1.82) is 0 Å². The molecule has 0 radical (unpaired) electrons. The molecule has 0 saturated carbocycles. The third-order valence-corrected chi connectivity index (χ3v) is 6.94. The third kappa shape index (κ3) is 5.89. The first-order valence-corrected chi connectivity index (χ1v) is 12.2. The van der Waals surface area contributed by atoms with Gasteiger partial charge in [0.05, 0.1) is 12.3 Å². The van der Waals surface area contributed by atoms with Gasteiger partial charge in [0, 0.05) is 17.1 Å². The molecule has 0 bridgehead atoms. The fourth-order valence-corrected chi connectivity index (χ4v) is 4.95. The summed E-state index contributed by atoms with van der Waals surface area (Å²) in [4.78, 5) is 26.8. The molecule has 170 valence electrons. The van der Waals surface area contributed by atoms with E-state index in [0.29, 0.717) is 36.0 Å². The van der Waals surface area contributed by atoms with Gasteiger partial charge in [0.2, 0.25) is 5.91 Å². The molecule has 3 aromatic carbocycles. The van der Waals surface area contributed by atoms with Gasteiger partial charge in [0.25, 0.3) is 5.91 Å². The summed E-state index contributed by atoms with van der Waals surface area (Å²) in [5.74, 6) is 1.22. The summed E-state index contributed by atoms with van der Waals surface area (Å²) in [6.07, 6.45) is 0. The topological polar surface area (TPSA) is 58.6 Å². The second-order valence-corrected chi connectivity index (χ2v) is 9.31. The molecule has 0 aromatic heterocycles. The maximum atomic E-state index is 12.5. The zero-order chi connectivity index (χ0) is 23.2. The zero-order valence-corrected chi connectivity index (χ0v) is 19.9. The predicted molar refractivity (Wildman–Crippen MR) is 133 cm³/mol. The van der Waals surface area contributed by atoms with Gasteiger partial charge in [-0.2, -0.15) is 0 Å². The van der Waals surface area contributed by atoms with Crippen LogP contribution in [0.3, 0.4) is 0 Å². The lowest BCUT2D eigenvalue weighted by Gasteiger charge is -2.24. The second-order valence-electron chi connectivity index (χ2n) is 7.80. The van der Waals surface area contributed by atoms with E-state index in [-0.39, 0.29) is 17.2 Å². The van der Waals surface area contributed by atoms with E-state index in [1.165, 1.54) is 0 Å². The highest BCUT2D eigenvalue weighted by molar-refractivity contribution is 8.00. The molecule has 3 aromatic rings. The van der Waals surface area contributed by atoms with Gasteiger partial charge in [-0.15, -0.1) is 11.8 Å². The average Bonchev–Trinajstić information content (AvgIpc) is 3.19. The van der Waals surface area contributed by atoms with Crippen LogP contribution in [0.4, 0.5) is 0 Å². The van der Waals surface area contributed by atoms with E-state index in [9.17, 15) is 9.59 Å². The van der Waals surface area contributed by atoms with E-state index in [0.717, 1.165) is 22.4 Å². The lowest BCUT2D eigenvalue weighted by molar-refractivity contribution is -0.128. The number of aryl methyl sites for hydroxylation is 1. The van der Waals surface area contributed by atoms with E-state index in [1.807, 2.05) is 72.5 Å². The SMILES string of the molecule is Cc1ccccc1OCCNC(=O)c1ccc(C2SCC(=O)N2Cc2ccc(Cl)cc2)cc1. The summed E-state index contributed by atoms with van der Waals surface area (Å²) in [6.45, 7) is 3.32. The van der Waals surface area contributed by atoms with Crippen molar-refractivity contribution >= 4 is 35.2 Å². The molecular weight excluding hydrogens is 456 g/mol. The highest BCUT2D eigenvalue weighted by Gasteiger charge is 2.32. The Balaban J connectivity index is 1.32. The number of hydrogen-bond acceptors (Lipinski definition) is 4. The number of rotatable bonds is 8. The van der Waals surface area contributed by atoms with Crippen molar-refractivity contribution in [2.75, 3.05) is 18.9 Å². The van der Waals surface area contributed by atoms with E-state index in [1.54, 1.807) is 23.9 Å². The van der Waals surface area contributed by atoms with Crippen molar-refractivity contribution in [3.63, 3.8) is 0 Å². The zero-order valence-electron chi connectivity index (χ0n) is 18.3. The highest BCUT2D eigenvalue weighted by Crippen LogP contribution is 2.39. The second kappa shape index (κ2) is 10.8. The van der Waals surface area contributed by atoms with Crippen LogP contribution < -0.4 is 10.1 Å². The molecule has 1 N–H and O–H groups in total. The van der Waals surface area contributed by atoms with Crippen molar-refractivity contribution in [1.82, 2.24) is 10.2 Å². The molecular formula is C26H25ClN2O3S. The van der Waals surface area contributed by atoms with E-state index < -0.39 is 0 Å². The number of nitrogens with zero attached hydrogens (tertiary/aromatic N) is 1. The number of carbonyl (C=O) groups is 2. The maximum Gasteiger partial charge on any atom is 0.251 e. The number of carbonyl (C=O) groups excluding carboxylic acids is 2. The number of benzene rings is 3. The number of para-hydroxylation sites is 1. The van der Waals surface area contributed by atoms with Crippen LogP contribution in [0.1, 0.15) is 32.4 Å². The van der Waals surface area contributed by atoms with Crippen molar-refractivity contribution in [3.8, 4) is 5.75 Å². The molecule has 1 aliphatic rings. The molecule has 7 heteroatoms. The van der Waals surface area contributed by atoms with Gasteiger partial charge in [-0.3, -0.25) is 9.59 Å². The summed E-state index contributed by atoms with van der Waals surface area (Å²) < 4.78 is 5.72. The predicted octanol–water partition coefficient (Wildman–Crippen LogP) is 5.23. The van der Waals surface area contributed by atoms with Gasteiger partial charge in [-0.05, 0) is 53.9 Å². The van der Waals surface area contributed by atoms with Crippen LogP contribution in [-0.4, -0.2) is 35.6 Å². The molecule has 4 rings (SSSR count). The molecule has 2 amide bonds. The molecule has 5 nitrogen and oxygen atoms in total. The number of nitrogens with one attached hydrogen (secondary N) is 1. The molecule has 1 atom stereocenters. The van der Waals surface area contributed by atoms with Crippen molar-refractivity contribution in [3.05, 3.63) is 100 Å². The van der Waals surface area contributed by atoms with Gasteiger partial charge < -0.3 is 15.0 Å². The van der Waals surface area contributed by atoms with E-state index in [4.69, 9.17) is 16.3 Å². The summed E-state index contributed by atoms with van der Waals surface area (Å²) in [7, 11) is 0. The van der Waals surface area contributed by atoms with Crippen LogP contribution in [0.25, 0.3) is 0 Å². The Kier molecular flexibility index (Phi) is 7.57. The summed E-state index contributed by atoms with van der Waals surface area (Å²) in [5.41, 5.74) is 3.67. The number of amides is 2. The normalized spacial score (nSPS) is 15.5. The maximum absolute atomic E-state index is 12.5. The van der Waals surface area contributed by atoms with Gasteiger partial charge in [0.15, 0.2) is 0 Å². The Morgan fingerprint density at radius 1 is 1.09 bits per heavy atom. The van der Waals surface area contributed by atoms with Crippen molar-refractivity contribution in [2.45, 2.75) is 18.8 Å². The van der Waals surface area contributed by atoms with Crippen LogP contribution in [0.5, 0.6) is 5.75 Å². The van der Waals surface area contributed by atoms with Gasteiger partial charge in [-0.25, -0.2) is 0 Å². The first-order valence-electron chi connectivity index (χ1n) is 10.7. The third-order valence-electron chi connectivity index (χ3n) is 5.43. The summed E-state index contributed by atoms with van der Waals surface area (Å²) >= 11 is 7.57. The van der Waals surface area contributed by atoms with Crippen LogP contribution in [-0.2, 0) is 11.3 Å². The van der Waals surface area contributed by atoms with Crippen LogP contribution >= 0.6 is 23.4 Å². The van der Waals surface area contributed by atoms with Crippen LogP contribution in [0, 0.1) is 6.92 Å². The number of halogens is 1. The Bertz CT molecular complexity index is 1120. The number of thioether (sulfide) groups is 1. The lowest BCUT2D eigenvalue weighted by Crippen LogP contribution is -2.28. The molecule has 1 heterocycles. The molecule has 1 aliphatic heterocycles. The Hall–Kier alpha value is -2.96. The van der Waals surface area contributed by atoms with Crippen molar-refractivity contribution < 1.29 is 14.3 Å². The fraction of sp³-hybridized carbons (Fsp3) is 0.231. The molecule has 1 unspecified atom stereocenters. The van der Waals surface area contributed by atoms with E-state index in [2.05, 4.69) is 5.32 Å². The minimum absolute atomic E-state index is 0.0761.